The van der Waals surface area contributed by atoms with Gasteiger partial charge in [-0.3, -0.25) is 4.79 Å². The molecule has 0 amide bonds. The SMILES string of the molecule is CNCCC(C)C(C)C(=O)C(F)(F)F. The number of carbonyl (C=O) groups is 1. The highest BCUT2D eigenvalue weighted by Crippen LogP contribution is 2.26. The van der Waals surface area contributed by atoms with Crippen LogP contribution in [0.4, 0.5) is 13.2 Å². The number of halogens is 3. The van der Waals surface area contributed by atoms with E-state index in [0.717, 1.165) is 0 Å². The summed E-state index contributed by atoms with van der Waals surface area (Å²) in [5.41, 5.74) is 0. The molecule has 2 atom stereocenters. The van der Waals surface area contributed by atoms with E-state index in [4.69, 9.17) is 0 Å². The first-order chi connectivity index (χ1) is 6.30. The molecule has 0 aromatic rings. The zero-order valence-corrected chi connectivity index (χ0v) is 8.61. The Morgan fingerprint density at radius 3 is 2.21 bits per heavy atom. The fourth-order valence-corrected chi connectivity index (χ4v) is 1.14. The molecule has 0 radical (unpaired) electrons. The van der Waals surface area contributed by atoms with Gasteiger partial charge in [-0.05, 0) is 25.9 Å². The molecule has 0 bridgehead atoms. The first kappa shape index (κ1) is 13.4. The van der Waals surface area contributed by atoms with E-state index in [1.807, 2.05) is 0 Å². The van der Waals surface area contributed by atoms with Crippen molar-refractivity contribution in [2.75, 3.05) is 13.6 Å². The number of nitrogens with one attached hydrogen (secondary N) is 1. The molecule has 2 nitrogen and oxygen atoms in total. The average Bonchev–Trinajstić information content (AvgIpc) is 2.10. The maximum absolute atomic E-state index is 12.0. The summed E-state index contributed by atoms with van der Waals surface area (Å²) in [7, 11) is 1.73. The van der Waals surface area contributed by atoms with Crippen molar-refractivity contribution in [1.82, 2.24) is 5.32 Å². The summed E-state index contributed by atoms with van der Waals surface area (Å²) in [4.78, 5) is 10.8. The maximum Gasteiger partial charge on any atom is 0.450 e. The normalized spacial score (nSPS) is 16.4. The molecule has 0 fully saturated rings. The highest BCUT2D eigenvalue weighted by molar-refractivity contribution is 5.86. The van der Waals surface area contributed by atoms with Crippen LogP contribution in [0.15, 0.2) is 0 Å². The topological polar surface area (TPSA) is 29.1 Å². The standard InChI is InChI=1S/C9H16F3NO/c1-6(4-5-13-3)7(2)8(14)9(10,11)12/h6-7,13H,4-5H2,1-3H3. The van der Waals surface area contributed by atoms with Crippen molar-refractivity contribution in [2.24, 2.45) is 11.8 Å². The van der Waals surface area contributed by atoms with Crippen molar-refractivity contribution in [3.8, 4) is 0 Å². The Morgan fingerprint density at radius 1 is 1.36 bits per heavy atom. The average molecular weight is 211 g/mol. The summed E-state index contributed by atoms with van der Waals surface area (Å²) in [6, 6.07) is 0. The molecule has 0 heterocycles. The molecule has 84 valence electrons. The monoisotopic (exact) mass is 211 g/mol. The van der Waals surface area contributed by atoms with Gasteiger partial charge in [-0.25, -0.2) is 0 Å². The van der Waals surface area contributed by atoms with Crippen LogP contribution in [0.1, 0.15) is 20.3 Å². The molecule has 0 aromatic carbocycles. The highest BCUT2D eigenvalue weighted by Gasteiger charge is 2.42. The van der Waals surface area contributed by atoms with Gasteiger partial charge in [0.1, 0.15) is 0 Å². The lowest BCUT2D eigenvalue weighted by Crippen LogP contribution is -2.33. The van der Waals surface area contributed by atoms with Crippen molar-refractivity contribution in [3.05, 3.63) is 0 Å². The first-order valence-corrected chi connectivity index (χ1v) is 4.56. The van der Waals surface area contributed by atoms with E-state index in [1.54, 1.807) is 14.0 Å². The molecule has 0 aliphatic carbocycles. The number of hydrogen-bond donors (Lipinski definition) is 1. The summed E-state index contributed by atoms with van der Waals surface area (Å²) in [5, 5.41) is 2.84. The van der Waals surface area contributed by atoms with Gasteiger partial charge in [-0.1, -0.05) is 13.8 Å². The van der Waals surface area contributed by atoms with Crippen molar-refractivity contribution >= 4 is 5.78 Å². The Labute approximate surface area is 81.9 Å². The molecule has 0 aliphatic rings. The lowest BCUT2D eigenvalue weighted by molar-refractivity contribution is -0.176. The van der Waals surface area contributed by atoms with Crippen molar-refractivity contribution in [2.45, 2.75) is 26.4 Å². The molecule has 0 saturated carbocycles. The third kappa shape index (κ3) is 4.09. The van der Waals surface area contributed by atoms with E-state index >= 15 is 0 Å². The zero-order chi connectivity index (χ0) is 11.4. The fourth-order valence-electron chi connectivity index (χ4n) is 1.14. The van der Waals surface area contributed by atoms with E-state index in [0.29, 0.717) is 13.0 Å². The van der Waals surface area contributed by atoms with Crippen LogP contribution in [-0.4, -0.2) is 25.6 Å². The van der Waals surface area contributed by atoms with Crippen LogP contribution in [-0.2, 0) is 4.79 Å². The van der Waals surface area contributed by atoms with Crippen molar-refractivity contribution < 1.29 is 18.0 Å². The second-order valence-corrected chi connectivity index (χ2v) is 3.52. The van der Waals surface area contributed by atoms with Gasteiger partial charge in [-0.2, -0.15) is 13.2 Å². The van der Waals surface area contributed by atoms with E-state index in [9.17, 15) is 18.0 Å². The molecule has 14 heavy (non-hydrogen) atoms. The lowest BCUT2D eigenvalue weighted by Gasteiger charge is -2.19. The Bertz CT molecular complexity index is 191. The second kappa shape index (κ2) is 5.34. The molecular formula is C9H16F3NO. The summed E-state index contributed by atoms with van der Waals surface area (Å²) in [6.07, 6.45) is -4.13. The molecule has 0 rings (SSSR count). The summed E-state index contributed by atoms with van der Waals surface area (Å²) in [6.45, 7) is 3.61. The van der Waals surface area contributed by atoms with Gasteiger partial charge < -0.3 is 5.32 Å². The van der Waals surface area contributed by atoms with Gasteiger partial charge in [0.25, 0.3) is 0 Å². The maximum atomic E-state index is 12.0. The Morgan fingerprint density at radius 2 is 1.86 bits per heavy atom. The number of ketones is 1. The summed E-state index contributed by atoms with van der Waals surface area (Å²) in [5.74, 6) is -2.83. The predicted octanol–water partition coefficient (Wildman–Crippen LogP) is 2.00. The smallest absolute Gasteiger partial charge is 0.320 e. The summed E-state index contributed by atoms with van der Waals surface area (Å²) >= 11 is 0. The van der Waals surface area contributed by atoms with Gasteiger partial charge in [0, 0.05) is 5.92 Å². The highest BCUT2D eigenvalue weighted by atomic mass is 19.4. The Kier molecular flexibility index (Phi) is 5.12. The fraction of sp³-hybridized carbons (Fsp3) is 0.889. The van der Waals surface area contributed by atoms with E-state index in [1.165, 1.54) is 6.92 Å². The minimum Gasteiger partial charge on any atom is -0.320 e. The van der Waals surface area contributed by atoms with Crippen LogP contribution in [0.3, 0.4) is 0 Å². The number of rotatable bonds is 5. The number of alkyl halides is 3. The van der Waals surface area contributed by atoms with Gasteiger partial charge in [0.15, 0.2) is 0 Å². The number of Topliss-reactive ketones (excluding diaryl/α,β-unsaturated/α-hetero) is 1. The minimum absolute atomic E-state index is 0.253. The molecular weight excluding hydrogens is 195 g/mol. The molecule has 0 spiro atoms. The van der Waals surface area contributed by atoms with Crippen LogP contribution in [0.2, 0.25) is 0 Å². The van der Waals surface area contributed by atoms with Crippen LogP contribution >= 0.6 is 0 Å². The van der Waals surface area contributed by atoms with Crippen LogP contribution in [0.25, 0.3) is 0 Å². The Balaban J connectivity index is 4.18. The van der Waals surface area contributed by atoms with E-state index in [-0.39, 0.29) is 5.92 Å². The van der Waals surface area contributed by atoms with Crippen LogP contribution < -0.4 is 5.32 Å². The van der Waals surface area contributed by atoms with Crippen molar-refractivity contribution in [3.63, 3.8) is 0 Å². The molecule has 0 saturated heterocycles. The number of hydrogen-bond acceptors (Lipinski definition) is 2. The van der Waals surface area contributed by atoms with E-state index < -0.39 is 17.9 Å². The largest absolute Gasteiger partial charge is 0.450 e. The van der Waals surface area contributed by atoms with Crippen molar-refractivity contribution in [1.29, 1.82) is 0 Å². The summed E-state index contributed by atoms with van der Waals surface area (Å²) < 4.78 is 36.1. The third-order valence-electron chi connectivity index (χ3n) is 2.40. The van der Waals surface area contributed by atoms with Gasteiger partial charge >= 0.3 is 6.18 Å². The molecule has 2 unspecified atom stereocenters. The van der Waals surface area contributed by atoms with Crippen LogP contribution in [0.5, 0.6) is 0 Å². The quantitative estimate of drug-likeness (QED) is 0.753. The van der Waals surface area contributed by atoms with E-state index in [2.05, 4.69) is 5.32 Å². The third-order valence-corrected chi connectivity index (χ3v) is 2.40. The molecule has 0 aromatic heterocycles. The number of carbonyl (C=O) groups excluding carboxylic acids is 1. The van der Waals surface area contributed by atoms with Gasteiger partial charge in [0.05, 0.1) is 0 Å². The zero-order valence-electron chi connectivity index (χ0n) is 8.61. The minimum atomic E-state index is -4.70. The molecule has 5 heteroatoms. The van der Waals surface area contributed by atoms with Crippen LogP contribution in [0, 0.1) is 11.8 Å². The lowest BCUT2D eigenvalue weighted by atomic mass is 9.89. The van der Waals surface area contributed by atoms with Gasteiger partial charge in [0.2, 0.25) is 5.78 Å². The predicted molar refractivity (Wildman–Crippen MR) is 47.9 cm³/mol. The second-order valence-electron chi connectivity index (χ2n) is 3.52. The molecule has 1 N–H and O–H groups in total. The van der Waals surface area contributed by atoms with Gasteiger partial charge in [-0.15, -0.1) is 0 Å². The molecule has 0 aliphatic heterocycles. The first-order valence-electron chi connectivity index (χ1n) is 4.56. The Hall–Kier alpha value is -0.580.